The van der Waals surface area contributed by atoms with Crippen LogP contribution in [0.1, 0.15) is 55.5 Å². The zero-order valence-corrected chi connectivity index (χ0v) is 20.1. The second kappa shape index (κ2) is 10.9. The van der Waals surface area contributed by atoms with E-state index < -0.39 is 11.8 Å². The van der Waals surface area contributed by atoms with Crippen molar-refractivity contribution in [1.82, 2.24) is 20.3 Å². The minimum Gasteiger partial charge on any atom is -0.372 e. The summed E-state index contributed by atoms with van der Waals surface area (Å²) in [6.07, 6.45) is 3.09. The fourth-order valence-electron chi connectivity index (χ4n) is 4.85. The summed E-state index contributed by atoms with van der Waals surface area (Å²) in [5.74, 6) is 0.612. The van der Waals surface area contributed by atoms with Gasteiger partial charge in [-0.2, -0.15) is 5.48 Å². The largest absolute Gasteiger partial charge is 0.372 e. The summed E-state index contributed by atoms with van der Waals surface area (Å²) in [7, 11) is 0. The molecule has 2 atom stereocenters. The first kappa shape index (κ1) is 24.8. The van der Waals surface area contributed by atoms with Gasteiger partial charge in [-0.3, -0.25) is 4.79 Å². The molecule has 8 heteroatoms. The first-order chi connectivity index (χ1) is 16.9. The topological polar surface area (TPSA) is 111 Å². The molecule has 0 aliphatic carbocycles. The van der Waals surface area contributed by atoms with Crippen molar-refractivity contribution in [1.29, 1.82) is 0 Å². The lowest BCUT2D eigenvalue weighted by atomic mass is 9.80. The van der Waals surface area contributed by atoms with Crippen LogP contribution in [0.15, 0.2) is 73.1 Å². The Morgan fingerprint density at radius 2 is 1.51 bits per heavy atom. The Labute approximate surface area is 206 Å². The minimum absolute atomic E-state index is 0.166. The van der Waals surface area contributed by atoms with E-state index in [4.69, 9.17) is 5.21 Å². The summed E-state index contributed by atoms with van der Waals surface area (Å²) in [4.78, 5) is 24.3. The molecule has 8 nitrogen and oxygen atoms in total. The van der Waals surface area contributed by atoms with E-state index in [2.05, 4.69) is 41.3 Å². The van der Waals surface area contributed by atoms with Gasteiger partial charge in [0.15, 0.2) is 6.23 Å². The fourth-order valence-corrected chi connectivity index (χ4v) is 4.85. The van der Waals surface area contributed by atoms with Crippen LogP contribution in [-0.2, 0) is 10.3 Å². The van der Waals surface area contributed by atoms with Gasteiger partial charge in [0.1, 0.15) is 0 Å². The van der Waals surface area contributed by atoms with E-state index in [-0.39, 0.29) is 17.7 Å². The number of hydrogen-bond donors (Lipinski definition) is 4. The van der Waals surface area contributed by atoms with Crippen LogP contribution in [0.2, 0.25) is 0 Å². The highest BCUT2D eigenvalue weighted by Gasteiger charge is 2.40. The second-order valence-electron chi connectivity index (χ2n) is 9.40. The molecule has 4 N–H and O–H groups in total. The van der Waals surface area contributed by atoms with Gasteiger partial charge in [0.05, 0.1) is 11.5 Å². The first-order valence-electron chi connectivity index (χ1n) is 12.0. The van der Waals surface area contributed by atoms with Gasteiger partial charge in [0, 0.05) is 31.0 Å². The van der Waals surface area contributed by atoms with Gasteiger partial charge in [-0.25, -0.2) is 9.97 Å². The van der Waals surface area contributed by atoms with E-state index in [0.717, 1.165) is 11.1 Å². The Balaban J connectivity index is 1.54. The van der Waals surface area contributed by atoms with Crippen LogP contribution in [0, 0.1) is 5.92 Å². The van der Waals surface area contributed by atoms with E-state index in [1.807, 2.05) is 53.4 Å². The summed E-state index contributed by atoms with van der Waals surface area (Å²) >= 11 is 0. The van der Waals surface area contributed by atoms with Gasteiger partial charge in [0.2, 0.25) is 11.9 Å². The lowest BCUT2D eigenvalue weighted by Gasteiger charge is -2.44. The zero-order chi connectivity index (χ0) is 24.8. The van der Waals surface area contributed by atoms with Crippen molar-refractivity contribution in [2.45, 2.75) is 44.4 Å². The van der Waals surface area contributed by atoms with Crippen LogP contribution in [0.25, 0.3) is 0 Å². The molecule has 1 saturated heterocycles. The highest BCUT2D eigenvalue weighted by Crippen LogP contribution is 2.37. The molecule has 0 bridgehead atoms. The van der Waals surface area contributed by atoms with Crippen molar-refractivity contribution in [3.05, 3.63) is 89.7 Å². The normalized spacial score (nSPS) is 17.1. The SMILES string of the molecule is CC(C)[C@H](C(=O)N1CCC(Nc2ncc(C(O)NO)cn2)(c2ccccc2)CC1)c1ccccc1. The third kappa shape index (κ3) is 5.51. The fraction of sp³-hybridized carbons (Fsp3) is 0.370. The Bertz CT molecular complexity index is 1080. The number of likely N-dealkylation sites (tertiary alicyclic amines) is 1. The van der Waals surface area contributed by atoms with Crippen LogP contribution in [0.4, 0.5) is 5.95 Å². The molecular weight excluding hydrogens is 442 g/mol. The molecule has 3 aromatic rings. The van der Waals surface area contributed by atoms with Crippen LogP contribution in [-0.4, -0.2) is 44.2 Å². The van der Waals surface area contributed by atoms with Gasteiger partial charge in [0.25, 0.3) is 0 Å². The molecule has 1 unspecified atom stereocenters. The van der Waals surface area contributed by atoms with Gasteiger partial charge in [-0.15, -0.1) is 0 Å². The molecule has 1 amide bonds. The van der Waals surface area contributed by atoms with Crippen LogP contribution >= 0.6 is 0 Å². The quantitative estimate of drug-likeness (QED) is 0.290. The standard InChI is InChI=1S/C27H33N5O3/c1-19(2)23(20-9-5-3-6-10-20)25(34)32-15-13-27(14-16-32,22-11-7-4-8-12-22)30-26-28-17-21(18-29-26)24(33)31-35/h3-12,17-19,23-24,31,33,35H,13-16H2,1-2H3,(H,28,29,30)/t23-,24?/m0/s1. The van der Waals surface area contributed by atoms with Crippen molar-refractivity contribution < 1.29 is 15.1 Å². The number of carbonyl (C=O) groups excluding carboxylic acids is 1. The molecular formula is C27H33N5O3. The second-order valence-corrected chi connectivity index (χ2v) is 9.40. The molecule has 1 aliphatic rings. The molecule has 2 aromatic carbocycles. The first-order valence-corrected chi connectivity index (χ1v) is 12.0. The van der Waals surface area contributed by atoms with Crippen molar-refractivity contribution in [3.8, 4) is 0 Å². The van der Waals surface area contributed by atoms with Gasteiger partial charge in [-0.05, 0) is 29.9 Å². The molecule has 35 heavy (non-hydrogen) atoms. The molecule has 0 spiro atoms. The number of benzene rings is 2. The van der Waals surface area contributed by atoms with Crippen molar-refractivity contribution in [3.63, 3.8) is 0 Å². The summed E-state index contributed by atoms with van der Waals surface area (Å²) in [6.45, 7) is 5.42. The average molecular weight is 476 g/mol. The molecule has 1 aromatic heterocycles. The smallest absolute Gasteiger partial charge is 0.230 e. The average Bonchev–Trinajstić information content (AvgIpc) is 2.90. The molecule has 1 fully saturated rings. The zero-order valence-electron chi connectivity index (χ0n) is 20.1. The third-order valence-electron chi connectivity index (χ3n) is 6.81. The number of aliphatic hydroxyl groups is 1. The molecule has 4 rings (SSSR count). The van der Waals surface area contributed by atoms with Crippen molar-refractivity contribution in [2.75, 3.05) is 18.4 Å². The highest BCUT2D eigenvalue weighted by atomic mass is 16.5. The number of aliphatic hydroxyl groups excluding tert-OH is 1. The van der Waals surface area contributed by atoms with Gasteiger partial charge in [-0.1, -0.05) is 74.5 Å². The summed E-state index contributed by atoms with van der Waals surface area (Å²) in [5.41, 5.74) is 3.86. The highest BCUT2D eigenvalue weighted by molar-refractivity contribution is 5.84. The van der Waals surface area contributed by atoms with E-state index in [9.17, 15) is 9.90 Å². The monoisotopic (exact) mass is 475 g/mol. The summed E-state index contributed by atoms with van der Waals surface area (Å²) < 4.78 is 0. The Morgan fingerprint density at radius 1 is 0.943 bits per heavy atom. The lowest BCUT2D eigenvalue weighted by molar-refractivity contribution is -0.135. The van der Waals surface area contributed by atoms with Crippen LogP contribution in [0.3, 0.4) is 0 Å². The third-order valence-corrected chi connectivity index (χ3v) is 6.81. The number of carbonyl (C=O) groups is 1. The summed E-state index contributed by atoms with van der Waals surface area (Å²) in [6, 6.07) is 20.2. The van der Waals surface area contributed by atoms with E-state index in [1.165, 1.54) is 12.4 Å². The maximum atomic E-state index is 13.6. The number of piperidine rings is 1. The molecule has 184 valence electrons. The summed E-state index contributed by atoms with van der Waals surface area (Å²) in [5, 5.41) is 22.2. The van der Waals surface area contributed by atoms with E-state index in [1.54, 1.807) is 5.48 Å². The van der Waals surface area contributed by atoms with Crippen LogP contribution in [0.5, 0.6) is 0 Å². The number of hydrogen-bond acceptors (Lipinski definition) is 7. The minimum atomic E-state index is -1.25. The maximum absolute atomic E-state index is 13.6. The van der Waals surface area contributed by atoms with E-state index in [0.29, 0.717) is 37.4 Å². The number of nitrogens with zero attached hydrogens (tertiary/aromatic N) is 3. The molecule has 0 radical (unpaired) electrons. The maximum Gasteiger partial charge on any atom is 0.230 e. The molecule has 0 saturated carbocycles. The number of amides is 1. The number of hydroxylamine groups is 1. The number of nitrogens with one attached hydrogen (secondary N) is 2. The lowest BCUT2D eigenvalue weighted by Crippen LogP contribution is -2.50. The number of rotatable bonds is 8. The van der Waals surface area contributed by atoms with Gasteiger partial charge < -0.3 is 20.5 Å². The Kier molecular flexibility index (Phi) is 7.75. The molecule has 1 aliphatic heterocycles. The molecule has 2 heterocycles. The predicted molar refractivity (Wildman–Crippen MR) is 133 cm³/mol. The van der Waals surface area contributed by atoms with Gasteiger partial charge >= 0.3 is 0 Å². The van der Waals surface area contributed by atoms with Crippen LogP contribution < -0.4 is 10.8 Å². The Hall–Kier alpha value is -3.33. The van der Waals surface area contributed by atoms with E-state index >= 15 is 0 Å². The predicted octanol–water partition coefficient (Wildman–Crippen LogP) is 3.82. The van der Waals surface area contributed by atoms with Crippen molar-refractivity contribution >= 4 is 11.9 Å². The Morgan fingerprint density at radius 3 is 2.06 bits per heavy atom. The van der Waals surface area contributed by atoms with Crippen molar-refractivity contribution in [2.24, 2.45) is 5.92 Å². The number of anilines is 1. The number of aromatic nitrogens is 2.